The number of carbonyl (C=O) groups excluding carboxylic acids is 1. The van der Waals surface area contributed by atoms with Crippen LogP contribution in [0.15, 0.2) is 18.2 Å². The summed E-state index contributed by atoms with van der Waals surface area (Å²) in [4.78, 5) is 11.9. The third-order valence-electron chi connectivity index (χ3n) is 3.03. The summed E-state index contributed by atoms with van der Waals surface area (Å²) in [5.74, 6) is -0.277. The molecule has 1 unspecified atom stereocenters. The van der Waals surface area contributed by atoms with Gasteiger partial charge < -0.3 is 15.2 Å². The quantitative estimate of drug-likeness (QED) is 0.875. The Morgan fingerprint density at radius 3 is 3.00 bits per heavy atom. The number of halogens is 1. The van der Waals surface area contributed by atoms with Gasteiger partial charge in [0.1, 0.15) is 5.60 Å². The van der Waals surface area contributed by atoms with Gasteiger partial charge in [-0.25, -0.2) is 0 Å². The summed E-state index contributed by atoms with van der Waals surface area (Å²) in [5, 5.41) is 13.1. The Morgan fingerprint density at radius 1 is 1.61 bits per heavy atom. The van der Waals surface area contributed by atoms with Crippen LogP contribution in [0, 0.1) is 6.92 Å². The van der Waals surface area contributed by atoms with Crippen LogP contribution in [0.3, 0.4) is 0 Å². The summed E-state index contributed by atoms with van der Waals surface area (Å²) in [6.45, 7) is 2.87. The smallest absolute Gasteiger partial charge is 0.252 e. The van der Waals surface area contributed by atoms with Crippen LogP contribution in [-0.4, -0.2) is 36.4 Å². The fraction of sp³-hybridized carbons (Fsp3) is 0.462. The molecule has 0 spiro atoms. The van der Waals surface area contributed by atoms with Gasteiger partial charge in [0, 0.05) is 19.6 Å². The molecule has 1 atom stereocenters. The summed E-state index contributed by atoms with van der Waals surface area (Å²) in [6, 6.07) is 5.25. The standard InChI is InChI=1S/C13H16ClNO3/c1-9-2-3-10(11(14)6-9)12(16)15-7-13(17)4-5-18-8-13/h2-3,6,17H,4-5,7-8H2,1H3,(H,15,16). The molecule has 0 bridgehead atoms. The van der Waals surface area contributed by atoms with Gasteiger partial charge in [0.25, 0.3) is 5.91 Å². The number of nitrogens with one attached hydrogen (secondary N) is 1. The van der Waals surface area contributed by atoms with Crippen LogP contribution in [-0.2, 0) is 4.74 Å². The van der Waals surface area contributed by atoms with Crippen LogP contribution in [0.2, 0.25) is 5.02 Å². The molecule has 0 aromatic heterocycles. The van der Waals surface area contributed by atoms with E-state index in [9.17, 15) is 9.90 Å². The number of aliphatic hydroxyl groups is 1. The van der Waals surface area contributed by atoms with Gasteiger partial charge in [-0.3, -0.25) is 4.79 Å². The molecule has 1 saturated heterocycles. The fourth-order valence-electron chi connectivity index (χ4n) is 1.88. The third-order valence-corrected chi connectivity index (χ3v) is 3.34. The van der Waals surface area contributed by atoms with E-state index in [2.05, 4.69) is 5.32 Å². The zero-order valence-corrected chi connectivity index (χ0v) is 11.0. The Labute approximate surface area is 111 Å². The first-order valence-corrected chi connectivity index (χ1v) is 6.22. The van der Waals surface area contributed by atoms with E-state index in [1.165, 1.54) is 0 Å². The second-order valence-electron chi connectivity index (χ2n) is 4.69. The van der Waals surface area contributed by atoms with E-state index >= 15 is 0 Å². The first-order chi connectivity index (χ1) is 8.50. The Hall–Kier alpha value is -1.10. The maximum Gasteiger partial charge on any atom is 0.252 e. The first-order valence-electron chi connectivity index (χ1n) is 5.85. The minimum absolute atomic E-state index is 0.177. The van der Waals surface area contributed by atoms with Crippen LogP contribution in [0.4, 0.5) is 0 Å². The van der Waals surface area contributed by atoms with E-state index in [1.807, 2.05) is 13.0 Å². The van der Waals surface area contributed by atoms with E-state index in [0.717, 1.165) is 5.56 Å². The molecule has 18 heavy (non-hydrogen) atoms. The largest absolute Gasteiger partial charge is 0.386 e. The monoisotopic (exact) mass is 269 g/mol. The third kappa shape index (κ3) is 3.02. The molecule has 5 heteroatoms. The predicted molar refractivity (Wildman–Crippen MR) is 68.9 cm³/mol. The molecule has 1 aromatic rings. The Bertz CT molecular complexity index is 456. The molecule has 1 aliphatic rings. The molecule has 2 rings (SSSR count). The highest BCUT2D eigenvalue weighted by Gasteiger charge is 2.32. The number of hydrogen-bond acceptors (Lipinski definition) is 3. The lowest BCUT2D eigenvalue weighted by atomic mass is 10.0. The van der Waals surface area contributed by atoms with Crippen molar-refractivity contribution in [1.29, 1.82) is 0 Å². The minimum atomic E-state index is -0.952. The van der Waals surface area contributed by atoms with Crippen molar-refractivity contribution >= 4 is 17.5 Å². The Morgan fingerprint density at radius 2 is 2.39 bits per heavy atom. The summed E-state index contributed by atoms with van der Waals surface area (Å²) in [5.41, 5.74) is 0.469. The SMILES string of the molecule is Cc1ccc(C(=O)NCC2(O)CCOC2)c(Cl)c1. The number of benzene rings is 1. The maximum atomic E-state index is 11.9. The topological polar surface area (TPSA) is 58.6 Å². The average Bonchev–Trinajstić information content (AvgIpc) is 2.74. The molecule has 2 N–H and O–H groups in total. The summed E-state index contributed by atoms with van der Waals surface area (Å²) < 4.78 is 5.11. The Kier molecular flexibility index (Phi) is 3.90. The lowest BCUT2D eigenvalue weighted by Gasteiger charge is -2.20. The molecule has 1 amide bonds. The minimum Gasteiger partial charge on any atom is -0.386 e. The summed E-state index contributed by atoms with van der Waals surface area (Å²) in [6.07, 6.45) is 0.537. The van der Waals surface area contributed by atoms with E-state index in [1.54, 1.807) is 12.1 Å². The fourth-order valence-corrected chi connectivity index (χ4v) is 2.20. The van der Waals surface area contributed by atoms with Crippen LogP contribution in [0.5, 0.6) is 0 Å². The number of rotatable bonds is 3. The number of carbonyl (C=O) groups is 1. The molecular weight excluding hydrogens is 254 g/mol. The van der Waals surface area contributed by atoms with Gasteiger partial charge in [-0.15, -0.1) is 0 Å². The first kappa shape index (κ1) is 13.3. The van der Waals surface area contributed by atoms with E-state index in [0.29, 0.717) is 23.6 Å². The lowest BCUT2D eigenvalue weighted by Crippen LogP contribution is -2.43. The van der Waals surface area contributed by atoms with Crippen molar-refractivity contribution in [2.24, 2.45) is 0 Å². The molecule has 98 valence electrons. The van der Waals surface area contributed by atoms with Gasteiger partial charge in [0.05, 0.1) is 17.2 Å². The van der Waals surface area contributed by atoms with Gasteiger partial charge in [-0.2, -0.15) is 0 Å². The molecule has 0 aliphatic carbocycles. The Balaban J connectivity index is 1.99. The average molecular weight is 270 g/mol. The molecule has 1 aromatic carbocycles. The van der Waals surface area contributed by atoms with Crippen LogP contribution in [0.25, 0.3) is 0 Å². The van der Waals surface area contributed by atoms with Gasteiger partial charge in [0.2, 0.25) is 0 Å². The van der Waals surface area contributed by atoms with Crippen molar-refractivity contribution in [2.45, 2.75) is 18.9 Å². The van der Waals surface area contributed by atoms with E-state index in [4.69, 9.17) is 16.3 Å². The lowest BCUT2D eigenvalue weighted by molar-refractivity contribution is 0.0264. The van der Waals surface area contributed by atoms with Crippen molar-refractivity contribution in [3.8, 4) is 0 Å². The highest BCUT2D eigenvalue weighted by atomic mass is 35.5. The number of amides is 1. The zero-order chi connectivity index (χ0) is 13.2. The van der Waals surface area contributed by atoms with Crippen LogP contribution in [0.1, 0.15) is 22.3 Å². The molecule has 1 aliphatic heterocycles. The van der Waals surface area contributed by atoms with Crippen LogP contribution < -0.4 is 5.32 Å². The number of ether oxygens (including phenoxy) is 1. The zero-order valence-electron chi connectivity index (χ0n) is 10.2. The van der Waals surface area contributed by atoms with E-state index < -0.39 is 5.60 Å². The van der Waals surface area contributed by atoms with Gasteiger partial charge in [-0.05, 0) is 24.6 Å². The molecule has 0 saturated carbocycles. The summed E-state index contributed by atoms with van der Waals surface area (Å²) in [7, 11) is 0. The van der Waals surface area contributed by atoms with E-state index in [-0.39, 0.29) is 19.1 Å². The van der Waals surface area contributed by atoms with Crippen molar-refractivity contribution in [1.82, 2.24) is 5.32 Å². The highest BCUT2D eigenvalue weighted by Crippen LogP contribution is 2.19. The second-order valence-corrected chi connectivity index (χ2v) is 5.10. The maximum absolute atomic E-state index is 11.9. The summed E-state index contributed by atoms with van der Waals surface area (Å²) >= 11 is 6.01. The van der Waals surface area contributed by atoms with Gasteiger partial charge in [0.15, 0.2) is 0 Å². The highest BCUT2D eigenvalue weighted by molar-refractivity contribution is 6.33. The number of hydrogen-bond donors (Lipinski definition) is 2. The molecule has 4 nitrogen and oxygen atoms in total. The van der Waals surface area contributed by atoms with Crippen LogP contribution >= 0.6 is 11.6 Å². The predicted octanol–water partition coefficient (Wildman–Crippen LogP) is 1.53. The molecule has 1 heterocycles. The van der Waals surface area contributed by atoms with Crippen molar-refractivity contribution in [2.75, 3.05) is 19.8 Å². The van der Waals surface area contributed by atoms with Gasteiger partial charge in [-0.1, -0.05) is 17.7 Å². The second kappa shape index (κ2) is 5.26. The van der Waals surface area contributed by atoms with Gasteiger partial charge >= 0.3 is 0 Å². The number of aryl methyl sites for hydroxylation is 1. The van der Waals surface area contributed by atoms with Crippen molar-refractivity contribution < 1.29 is 14.6 Å². The molecular formula is C13H16ClNO3. The normalized spacial score (nSPS) is 23.1. The van der Waals surface area contributed by atoms with Crippen molar-refractivity contribution in [3.05, 3.63) is 34.3 Å². The molecule has 0 radical (unpaired) electrons. The molecule has 1 fully saturated rings. The van der Waals surface area contributed by atoms with Crippen molar-refractivity contribution in [3.63, 3.8) is 0 Å².